The molecule has 3 atom stereocenters. The molecular formula is C10H21N. The van der Waals surface area contributed by atoms with Gasteiger partial charge in [-0.3, -0.25) is 0 Å². The first kappa shape index (κ1) is 9.05. The van der Waals surface area contributed by atoms with Crippen LogP contribution in [-0.2, 0) is 0 Å². The predicted molar refractivity (Wildman–Crippen MR) is 49.6 cm³/mol. The van der Waals surface area contributed by atoms with Crippen LogP contribution in [0.3, 0.4) is 0 Å². The van der Waals surface area contributed by atoms with Gasteiger partial charge in [0.1, 0.15) is 0 Å². The first-order valence-electron chi connectivity index (χ1n) is 4.97. The van der Waals surface area contributed by atoms with Crippen molar-refractivity contribution in [3.63, 3.8) is 0 Å². The van der Waals surface area contributed by atoms with Crippen molar-refractivity contribution in [1.82, 2.24) is 5.32 Å². The molecule has 1 heterocycles. The standard InChI is InChI=1S/C10H21N/c1-4-8(2)10-6-5-9(3)11-7-10/h8-11H,4-7H2,1-3H3/t8?,9-,10?/m0/s1. The van der Waals surface area contributed by atoms with Crippen LogP contribution in [0.5, 0.6) is 0 Å². The van der Waals surface area contributed by atoms with E-state index >= 15 is 0 Å². The number of hydrogen-bond donors (Lipinski definition) is 1. The fourth-order valence-corrected chi connectivity index (χ4v) is 1.84. The van der Waals surface area contributed by atoms with Gasteiger partial charge < -0.3 is 5.32 Å². The zero-order chi connectivity index (χ0) is 8.27. The van der Waals surface area contributed by atoms with Crippen LogP contribution >= 0.6 is 0 Å². The maximum atomic E-state index is 3.55. The van der Waals surface area contributed by atoms with Gasteiger partial charge in [0.2, 0.25) is 0 Å². The largest absolute Gasteiger partial charge is 0.314 e. The Bertz CT molecular complexity index is 103. The van der Waals surface area contributed by atoms with Crippen molar-refractivity contribution < 1.29 is 0 Å². The average Bonchev–Trinajstić information content (AvgIpc) is 2.05. The second-order valence-corrected chi connectivity index (χ2v) is 4.03. The summed E-state index contributed by atoms with van der Waals surface area (Å²) in [5, 5.41) is 3.55. The molecule has 0 radical (unpaired) electrons. The van der Waals surface area contributed by atoms with Crippen molar-refractivity contribution >= 4 is 0 Å². The van der Waals surface area contributed by atoms with Crippen molar-refractivity contribution in [3.8, 4) is 0 Å². The molecule has 1 fully saturated rings. The molecule has 0 aromatic heterocycles. The molecule has 1 rings (SSSR count). The van der Waals surface area contributed by atoms with E-state index in [0.717, 1.165) is 17.9 Å². The Balaban J connectivity index is 2.27. The molecule has 0 bridgehead atoms. The normalized spacial score (nSPS) is 35.2. The first-order valence-corrected chi connectivity index (χ1v) is 4.97. The van der Waals surface area contributed by atoms with Gasteiger partial charge in [-0.05, 0) is 38.1 Å². The molecule has 11 heavy (non-hydrogen) atoms. The topological polar surface area (TPSA) is 12.0 Å². The summed E-state index contributed by atoms with van der Waals surface area (Å²) in [5.41, 5.74) is 0. The van der Waals surface area contributed by atoms with Crippen LogP contribution in [0.4, 0.5) is 0 Å². The van der Waals surface area contributed by atoms with Crippen LogP contribution in [0.1, 0.15) is 40.0 Å². The van der Waals surface area contributed by atoms with Gasteiger partial charge in [-0.2, -0.15) is 0 Å². The highest BCUT2D eigenvalue weighted by Gasteiger charge is 2.21. The molecule has 0 spiro atoms. The van der Waals surface area contributed by atoms with Crippen molar-refractivity contribution in [2.24, 2.45) is 11.8 Å². The minimum Gasteiger partial charge on any atom is -0.314 e. The monoisotopic (exact) mass is 155 g/mol. The van der Waals surface area contributed by atoms with Crippen molar-refractivity contribution in [2.45, 2.75) is 46.1 Å². The van der Waals surface area contributed by atoms with E-state index in [1.54, 1.807) is 0 Å². The van der Waals surface area contributed by atoms with E-state index in [2.05, 4.69) is 26.1 Å². The summed E-state index contributed by atoms with van der Waals surface area (Å²) in [4.78, 5) is 0. The molecule has 1 saturated heterocycles. The summed E-state index contributed by atoms with van der Waals surface area (Å²) in [6, 6.07) is 0.760. The van der Waals surface area contributed by atoms with Gasteiger partial charge in [0.05, 0.1) is 0 Å². The fraction of sp³-hybridized carbons (Fsp3) is 1.00. The molecule has 66 valence electrons. The van der Waals surface area contributed by atoms with Crippen LogP contribution in [-0.4, -0.2) is 12.6 Å². The van der Waals surface area contributed by atoms with E-state index in [9.17, 15) is 0 Å². The maximum Gasteiger partial charge on any atom is 0.00389 e. The third-order valence-corrected chi connectivity index (χ3v) is 3.15. The molecule has 1 aliphatic heterocycles. The van der Waals surface area contributed by atoms with Gasteiger partial charge in [-0.15, -0.1) is 0 Å². The summed E-state index contributed by atoms with van der Waals surface area (Å²) >= 11 is 0. The zero-order valence-corrected chi connectivity index (χ0v) is 8.06. The maximum absolute atomic E-state index is 3.55. The Hall–Kier alpha value is -0.0400. The van der Waals surface area contributed by atoms with Crippen LogP contribution in [0.25, 0.3) is 0 Å². The number of hydrogen-bond acceptors (Lipinski definition) is 1. The summed E-state index contributed by atoms with van der Waals surface area (Å²) in [6.07, 6.45) is 4.14. The van der Waals surface area contributed by atoms with Gasteiger partial charge in [-0.25, -0.2) is 0 Å². The molecule has 0 amide bonds. The van der Waals surface area contributed by atoms with Gasteiger partial charge in [0.15, 0.2) is 0 Å². The molecule has 1 nitrogen and oxygen atoms in total. The van der Waals surface area contributed by atoms with E-state index < -0.39 is 0 Å². The van der Waals surface area contributed by atoms with E-state index in [-0.39, 0.29) is 0 Å². The lowest BCUT2D eigenvalue weighted by Crippen LogP contribution is -2.39. The van der Waals surface area contributed by atoms with E-state index in [4.69, 9.17) is 0 Å². The summed E-state index contributed by atoms with van der Waals surface area (Å²) in [6.45, 7) is 8.20. The second kappa shape index (κ2) is 4.10. The average molecular weight is 155 g/mol. The van der Waals surface area contributed by atoms with Crippen molar-refractivity contribution in [2.75, 3.05) is 6.54 Å². The lowest BCUT2D eigenvalue weighted by Gasteiger charge is -2.31. The molecule has 1 aliphatic rings. The molecule has 0 saturated carbocycles. The van der Waals surface area contributed by atoms with Gasteiger partial charge in [-0.1, -0.05) is 20.3 Å². The number of piperidine rings is 1. The van der Waals surface area contributed by atoms with Gasteiger partial charge in [0, 0.05) is 6.04 Å². The highest BCUT2D eigenvalue weighted by atomic mass is 14.9. The Kier molecular flexibility index (Phi) is 3.38. The highest BCUT2D eigenvalue weighted by molar-refractivity contribution is 4.77. The van der Waals surface area contributed by atoms with Crippen LogP contribution in [0.15, 0.2) is 0 Å². The molecular weight excluding hydrogens is 134 g/mol. The molecule has 0 aromatic carbocycles. The first-order chi connectivity index (χ1) is 5.24. The summed E-state index contributed by atoms with van der Waals surface area (Å²) in [7, 11) is 0. The molecule has 1 heteroatoms. The molecule has 2 unspecified atom stereocenters. The molecule has 1 N–H and O–H groups in total. The lowest BCUT2D eigenvalue weighted by atomic mass is 9.84. The van der Waals surface area contributed by atoms with Crippen molar-refractivity contribution in [1.29, 1.82) is 0 Å². The molecule has 0 aromatic rings. The van der Waals surface area contributed by atoms with Crippen LogP contribution in [0, 0.1) is 11.8 Å². The highest BCUT2D eigenvalue weighted by Crippen LogP contribution is 2.23. The van der Waals surface area contributed by atoms with Crippen molar-refractivity contribution in [3.05, 3.63) is 0 Å². The van der Waals surface area contributed by atoms with Crippen LogP contribution in [0.2, 0.25) is 0 Å². The minimum atomic E-state index is 0.760. The summed E-state index contributed by atoms with van der Waals surface area (Å²) in [5.74, 6) is 1.85. The fourth-order valence-electron chi connectivity index (χ4n) is 1.84. The third-order valence-electron chi connectivity index (χ3n) is 3.15. The number of nitrogens with one attached hydrogen (secondary N) is 1. The lowest BCUT2D eigenvalue weighted by molar-refractivity contribution is 0.245. The Morgan fingerprint density at radius 3 is 2.64 bits per heavy atom. The smallest absolute Gasteiger partial charge is 0.00389 e. The van der Waals surface area contributed by atoms with E-state index in [1.807, 2.05) is 0 Å². The van der Waals surface area contributed by atoms with E-state index in [1.165, 1.54) is 25.8 Å². The Labute approximate surface area is 70.6 Å². The van der Waals surface area contributed by atoms with Crippen LogP contribution < -0.4 is 5.32 Å². The second-order valence-electron chi connectivity index (χ2n) is 4.03. The summed E-state index contributed by atoms with van der Waals surface area (Å²) < 4.78 is 0. The molecule has 0 aliphatic carbocycles. The predicted octanol–water partition coefficient (Wildman–Crippen LogP) is 2.42. The number of rotatable bonds is 2. The SMILES string of the molecule is CCC(C)C1CC[C@H](C)NC1. The Morgan fingerprint density at radius 1 is 1.45 bits per heavy atom. The minimum absolute atomic E-state index is 0.760. The van der Waals surface area contributed by atoms with Gasteiger partial charge >= 0.3 is 0 Å². The van der Waals surface area contributed by atoms with E-state index in [0.29, 0.717) is 0 Å². The third kappa shape index (κ3) is 2.48. The zero-order valence-electron chi connectivity index (χ0n) is 8.06. The Morgan fingerprint density at radius 2 is 2.18 bits per heavy atom. The quantitative estimate of drug-likeness (QED) is 0.645. The van der Waals surface area contributed by atoms with Gasteiger partial charge in [0.25, 0.3) is 0 Å².